The van der Waals surface area contributed by atoms with Crippen molar-refractivity contribution in [3.8, 4) is 11.5 Å². The Kier molecular flexibility index (Phi) is 3.82. The Morgan fingerprint density at radius 2 is 1.92 bits per heavy atom. The maximum absolute atomic E-state index is 13.0. The van der Waals surface area contributed by atoms with Crippen molar-refractivity contribution >= 4 is 11.5 Å². The molecular weight excluding hydrogens is 351 g/mol. The first-order valence-electron chi connectivity index (χ1n) is 7.81. The molecule has 0 radical (unpaired) electrons. The van der Waals surface area contributed by atoms with Crippen LogP contribution in [0.1, 0.15) is 5.82 Å². The van der Waals surface area contributed by atoms with E-state index in [1.165, 1.54) is 6.07 Å². The second-order valence-electron chi connectivity index (χ2n) is 5.86. The zero-order valence-corrected chi connectivity index (χ0v) is 13.6. The average Bonchev–Trinajstić information content (AvgIpc) is 3.05. The van der Waals surface area contributed by atoms with Crippen molar-refractivity contribution < 1.29 is 22.6 Å². The van der Waals surface area contributed by atoms with Crippen molar-refractivity contribution in [1.82, 2.24) is 19.8 Å². The van der Waals surface area contributed by atoms with E-state index in [2.05, 4.69) is 15.3 Å². The lowest BCUT2D eigenvalue weighted by Gasteiger charge is -2.30. The number of alkyl halides is 3. The summed E-state index contributed by atoms with van der Waals surface area (Å²) in [5.74, 6) is 0.489. The summed E-state index contributed by atoms with van der Waals surface area (Å²) in [4.78, 5) is 1.70. The number of halogens is 3. The standard InChI is InChI=1S/C16H14F3N5O2/c1-23(8-10-9-25-11-4-2-3-5-12(11)26-10)14-7-6-13-20-21-15(16(17,18)19)24(13)22-14/h2-7,10H,8-9H2,1H3/t10-/m0/s1. The molecule has 0 amide bonds. The van der Waals surface area contributed by atoms with Gasteiger partial charge in [-0.05, 0) is 24.3 Å². The first-order valence-corrected chi connectivity index (χ1v) is 7.81. The number of likely N-dealkylation sites (N-methyl/N-ethyl adjacent to an activating group) is 1. The highest BCUT2D eigenvalue weighted by Gasteiger charge is 2.37. The van der Waals surface area contributed by atoms with Crippen LogP contribution >= 0.6 is 0 Å². The summed E-state index contributed by atoms with van der Waals surface area (Å²) >= 11 is 0. The van der Waals surface area contributed by atoms with Gasteiger partial charge >= 0.3 is 6.18 Å². The number of benzene rings is 1. The van der Waals surface area contributed by atoms with E-state index in [4.69, 9.17) is 9.47 Å². The molecule has 0 bridgehead atoms. The molecule has 1 aliphatic rings. The van der Waals surface area contributed by atoms with Crippen LogP contribution < -0.4 is 14.4 Å². The summed E-state index contributed by atoms with van der Waals surface area (Å²) in [6, 6.07) is 10.3. The molecule has 26 heavy (non-hydrogen) atoms. The summed E-state index contributed by atoms with van der Waals surface area (Å²) in [6.45, 7) is 0.723. The molecule has 136 valence electrons. The first kappa shape index (κ1) is 16.4. The number of anilines is 1. The molecule has 4 rings (SSSR count). The predicted octanol–water partition coefficient (Wildman–Crippen LogP) is 2.42. The highest BCUT2D eigenvalue weighted by Crippen LogP contribution is 2.31. The molecule has 1 aromatic carbocycles. The average molecular weight is 365 g/mol. The van der Waals surface area contributed by atoms with Gasteiger partial charge < -0.3 is 14.4 Å². The van der Waals surface area contributed by atoms with Crippen LogP contribution in [-0.2, 0) is 6.18 Å². The van der Waals surface area contributed by atoms with Crippen LogP contribution in [0, 0.1) is 0 Å². The molecule has 0 saturated carbocycles. The van der Waals surface area contributed by atoms with Crippen LogP contribution in [0.15, 0.2) is 36.4 Å². The van der Waals surface area contributed by atoms with Crippen molar-refractivity contribution in [2.45, 2.75) is 12.3 Å². The molecule has 3 aromatic rings. The minimum atomic E-state index is -4.63. The van der Waals surface area contributed by atoms with Crippen LogP contribution in [0.2, 0.25) is 0 Å². The van der Waals surface area contributed by atoms with E-state index in [0.717, 1.165) is 0 Å². The quantitative estimate of drug-likeness (QED) is 0.710. The molecule has 0 aliphatic carbocycles. The molecule has 0 saturated heterocycles. The summed E-state index contributed by atoms with van der Waals surface area (Å²) < 4.78 is 51.2. The zero-order chi connectivity index (χ0) is 18.3. The molecule has 3 heterocycles. The van der Waals surface area contributed by atoms with Gasteiger partial charge in [-0.25, -0.2) is 0 Å². The fourth-order valence-corrected chi connectivity index (χ4v) is 2.71. The number of aromatic nitrogens is 4. The van der Waals surface area contributed by atoms with Crippen LogP contribution in [0.3, 0.4) is 0 Å². The van der Waals surface area contributed by atoms with Crippen LogP contribution in [0.5, 0.6) is 11.5 Å². The monoisotopic (exact) mass is 365 g/mol. The third kappa shape index (κ3) is 2.98. The molecule has 2 aromatic heterocycles. The molecule has 0 N–H and O–H groups in total. The second kappa shape index (κ2) is 6.04. The van der Waals surface area contributed by atoms with Crippen molar-refractivity contribution in [2.24, 2.45) is 0 Å². The number of fused-ring (bicyclic) bond motifs is 2. The minimum absolute atomic E-state index is 0.0284. The van der Waals surface area contributed by atoms with Gasteiger partial charge in [-0.2, -0.15) is 17.7 Å². The van der Waals surface area contributed by atoms with E-state index >= 15 is 0 Å². The first-order chi connectivity index (χ1) is 12.4. The van der Waals surface area contributed by atoms with Gasteiger partial charge in [0.15, 0.2) is 23.3 Å². The van der Waals surface area contributed by atoms with E-state index in [1.807, 2.05) is 18.2 Å². The van der Waals surface area contributed by atoms with Gasteiger partial charge in [-0.3, -0.25) is 0 Å². The third-order valence-corrected chi connectivity index (χ3v) is 3.94. The Morgan fingerprint density at radius 1 is 1.15 bits per heavy atom. The van der Waals surface area contributed by atoms with Gasteiger partial charge in [0.1, 0.15) is 12.4 Å². The fourth-order valence-electron chi connectivity index (χ4n) is 2.71. The smallest absolute Gasteiger partial charge is 0.453 e. The van der Waals surface area contributed by atoms with E-state index in [0.29, 0.717) is 35.0 Å². The second-order valence-corrected chi connectivity index (χ2v) is 5.86. The largest absolute Gasteiger partial charge is 0.486 e. The lowest BCUT2D eigenvalue weighted by Crippen LogP contribution is -2.39. The highest BCUT2D eigenvalue weighted by molar-refractivity contribution is 5.46. The molecule has 7 nitrogen and oxygen atoms in total. The van der Waals surface area contributed by atoms with Crippen molar-refractivity contribution in [3.05, 3.63) is 42.2 Å². The molecule has 0 unspecified atom stereocenters. The topological polar surface area (TPSA) is 64.8 Å². The maximum atomic E-state index is 13.0. The normalized spacial score (nSPS) is 16.7. The molecule has 0 fully saturated rings. The van der Waals surface area contributed by atoms with E-state index in [-0.39, 0.29) is 11.8 Å². The van der Waals surface area contributed by atoms with E-state index in [1.54, 1.807) is 24.1 Å². The van der Waals surface area contributed by atoms with Gasteiger partial charge in [0.25, 0.3) is 5.82 Å². The predicted molar refractivity (Wildman–Crippen MR) is 85.4 cm³/mol. The lowest BCUT2D eigenvalue weighted by molar-refractivity contribution is -0.146. The van der Waals surface area contributed by atoms with Crippen molar-refractivity contribution in [1.29, 1.82) is 0 Å². The molecule has 10 heteroatoms. The Balaban J connectivity index is 1.54. The summed E-state index contributed by atoms with van der Waals surface area (Å²) in [5.41, 5.74) is 0.0284. The zero-order valence-electron chi connectivity index (χ0n) is 13.6. The van der Waals surface area contributed by atoms with E-state index in [9.17, 15) is 13.2 Å². The van der Waals surface area contributed by atoms with Crippen molar-refractivity contribution in [2.75, 3.05) is 25.1 Å². The number of hydrogen-bond acceptors (Lipinski definition) is 6. The van der Waals surface area contributed by atoms with Crippen molar-refractivity contribution in [3.63, 3.8) is 0 Å². The highest BCUT2D eigenvalue weighted by atomic mass is 19.4. The number of hydrogen-bond donors (Lipinski definition) is 0. The number of rotatable bonds is 3. The molecular formula is C16H14F3N5O2. The summed E-state index contributed by atoms with van der Waals surface area (Å²) in [7, 11) is 1.72. The fraction of sp³-hybridized carbons (Fsp3) is 0.312. The lowest BCUT2D eigenvalue weighted by atomic mass is 10.2. The molecule has 1 atom stereocenters. The van der Waals surface area contributed by atoms with Gasteiger partial charge in [-0.1, -0.05) is 12.1 Å². The summed E-state index contributed by atoms with van der Waals surface area (Å²) in [5, 5.41) is 10.7. The van der Waals surface area contributed by atoms with Gasteiger partial charge in [0, 0.05) is 7.05 Å². The van der Waals surface area contributed by atoms with Crippen LogP contribution in [-0.4, -0.2) is 46.1 Å². The Morgan fingerprint density at radius 3 is 2.69 bits per heavy atom. The van der Waals surface area contributed by atoms with Crippen LogP contribution in [0.25, 0.3) is 5.65 Å². The molecule has 1 aliphatic heterocycles. The number of ether oxygens (including phenoxy) is 2. The Labute approximate surface area is 146 Å². The number of para-hydroxylation sites is 2. The van der Waals surface area contributed by atoms with Gasteiger partial charge in [-0.15, -0.1) is 15.3 Å². The maximum Gasteiger partial charge on any atom is 0.453 e. The van der Waals surface area contributed by atoms with Crippen LogP contribution in [0.4, 0.5) is 19.0 Å². The van der Waals surface area contributed by atoms with Gasteiger partial charge in [0.2, 0.25) is 0 Å². The minimum Gasteiger partial charge on any atom is -0.486 e. The number of nitrogens with zero attached hydrogens (tertiary/aromatic N) is 5. The Bertz CT molecular complexity index is 943. The van der Waals surface area contributed by atoms with E-state index < -0.39 is 12.0 Å². The summed E-state index contributed by atoms with van der Waals surface area (Å²) in [6.07, 6.45) is -4.91. The molecule has 0 spiro atoms. The Hall–Kier alpha value is -3.04. The third-order valence-electron chi connectivity index (χ3n) is 3.94. The van der Waals surface area contributed by atoms with Gasteiger partial charge in [0.05, 0.1) is 6.54 Å². The SMILES string of the molecule is CN(C[C@H]1COc2ccccc2O1)c1ccc2nnc(C(F)(F)F)n2n1.